The van der Waals surface area contributed by atoms with Crippen molar-refractivity contribution < 1.29 is 9.31 Å². The quantitative estimate of drug-likeness (QED) is 0.547. The van der Waals surface area contributed by atoms with Crippen LogP contribution in [0, 0.1) is 27.3 Å². The van der Waals surface area contributed by atoms with Crippen LogP contribution in [-0.2, 0) is 0 Å². The molecule has 0 unspecified atom stereocenters. The average Bonchev–Trinajstić information content (AvgIpc) is 2.99. The number of nitro benzene ring substituents is 1. The van der Waals surface area contributed by atoms with Crippen LogP contribution in [0.25, 0.3) is 16.9 Å². The Morgan fingerprint density at radius 2 is 2.00 bits per heavy atom. The Hall–Kier alpha value is -3.60. The Bertz CT molecular complexity index is 945. The Morgan fingerprint density at radius 3 is 2.70 bits per heavy atom. The summed E-state index contributed by atoms with van der Waals surface area (Å²) < 4.78 is 15.3. The van der Waals surface area contributed by atoms with Crippen LogP contribution < -0.4 is 0 Å². The summed E-state index contributed by atoms with van der Waals surface area (Å²) in [6.07, 6.45) is 0. The lowest BCUT2D eigenvalue weighted by Crippen LogP contribution is -2.02. The van der Waals surface area contributed by atoms with Crippen LogP contribution in [0.4, 0.5) is 10.1 Å². The van der Waals surface area contributed by atoms with Crippen molar-refractivity contribution in [2.75, 3.05) is 0 Å². The molecule has 3 aromatic rings. The van der Waals surface area contributed by atoms with Crippen molar-refractivity contribution in [3.63, 3.8) is 0 Å². The first-order valence-electron chi connectivity index (χ1n) is 6.47. The molecule has 0 aliphatic heterocycles. The summed E-state index contributed by atoms with van der Waals surface area (Å²) in [6.45, 7) is 0. The average molecular weight is 309 g/mol. The lowest BCUT2D eigenvalue weighted by atomic mass is 10.1. The molecule has 0 saturated carbocycles. The van der Waals surface area contributed by atoms with Crippen LogP contribution in [0.5, 0.6) is 0 Å². The summed E-state index contributed by atoms with van der Waals surface area (Å²) >= 11 is 0. The van der Waals surface area contributed by atoms with E-state index in [9.17, 15) is 19.8 Å². The van der Waals surface area contributed by atoms with Crippen LogP contribution in [0.1, 0.15) is 5.69 Å². The highest BCUT2D eigenvalue weighted by Crippen LogP contribution is 2.28. The maximum absolute atomic E-state index is 14.1. The first-order chi connectivity index (χ1) is 11.1. The highest BCUT2D eigenvalue weighted by atomic mass is 19.1. The van der Waals surface area contributed by atoms with Gasteiger partial charge in [0.15, 0.2) is 5.69 Å². The fraction of sp³-hybridized carbons (Fsp3) is 0. The smallest absolute Gasteiger partial charge is 0.258 e. The van der Waals surface area contributed by atoms with Gasteiger partial charge in [0.2, 0.25) is 0 Å². The Balaban J connectivity index is 2.25. The number of nitro groups is 1. The molecule has 0 radical (unpaired) electrons. The Labute approximate surface area is 129 Å². The van der Waals surface area contributed by atoms with Crippen molar-refractivity contribution in [3.8, 4) is 23.0 Å². The lowest BCUT2D eigenvalue weighted by molar-refractivity contribution is -0.384. The van der Waals surface area contributed by atoms with Gasteiger partial charge in [0.25, 0.3) is 5.69 Å². The van der Waals surface area contributed by atoms with Crippen molar-refractivity contribution in [1.82, 2.24) is 15.0 Å². The molecule has 0 aliphatic carbocycles. The molecule has 23 heavy (non-hydrogen) atoms. The van der Waals surface area contributed by atoms with Gasteiger partial charge in [-0.05, 0) is 18.2 Å². The highest BCUT2D eigenvalue weighted by Gasteiger charge is 2.20. The summed E-state index contributed by atoms with van der Waals surface area (Å²) in [4.78, 5) is 10.4. The Kier molecular flexibility index (Phi) is 3.52. The molecule has 3 rings (SSSR count). The molecule has 0 aliphatic rings. The van der Waals surface area contributed by atoms with E-state index in [1.54, 1.807) is 12.1 Å². The molecular formula is C15H8FN5O2. The van der Waals surface area contributed by atoms with Crippen LogP contribution in [0.15, 0.2) is 48.5 Å². The molecule has 0 fully saturated rings. The molecule has 7 nitrogen and oxygen atoms in total. The first kappa shape index (κ1) is 14.3. The second-order valence-electron chi connectivity index (χ2n) is 4.57. The second kappa shape index (κ2) is 5.65. The van der Waals surface area contributed by atoms with Gasteiger partial charge >= 0.3 is 0 Å². The fourth-order valence-electron chi connectivity index (χ4n) is 2.17. The van der Waals surface area contributed by atoms with Crippen molar-refractivity contribution in [1.29, 1.82) is 5.26 Å². The molecule has 2 aromatic carbocycles. The summed E-state index contributed by atoms with van der Waals surface area (Å²) in [5, 5.41) is 27.6. The minimum atomic E-state index is -0.547. The predicted octanol–water partition coefficient (Wildman–Crippen LogP) is 2.85. The topological polar surface area (TPSA) is 97.6 Å². The molecular weight excluding hydrogens is 301 g/mol. The van der Waals surface area contributed by atoms with E-state index in [1.165, 1.54) is 41.1 Å². The lowest BCUT2D eigenvalue weighted by Gasteiger charge is -2.07. The van der Waals surface area contributed by atoms with E-state index in [4.69, 9.17) is 0 Å². The molecule has 112 valence electrons. The van der Waals surface area contributed by atoms with E-state index < -0.39 is 10.7 Å². The van der Waals surface area contributed by atoms with Gasteiger partial charge in [0.1, 0.15) is 17.6 Å². The molecule has 0 atom stereocenters. The number of benzene rings is 2. The third-order valence-corrected chi connectivity index (χ3v) is 3.19. The molecule has 8 heteroatoms. The third-order valence-electron chi connectivity index (χ3n) is 3.19. The molecule has 0 saturated heterocycles. The van der Waals surface area contributed by atoms with E-state index >= 15 is 0 Å². The summed E-state index contributed by atoms with van der Waals surface area (Å²) in [5.41, 5.74) is 0.385. The number of rotatable bonds is 3. The standard InChI is InChI=1S/C15H8FN5O2/c16-13-7-2-1-6-12(13)15-14(9-17)18-19-20(15)10-4-3-5-11(8-10)21(22)23/h1-8H. The largest absolute Gasteiger partial charge is 0.271 e. The second-order valence-corrected chi connectivity index (χ2v) is 4.57. The van der Waals surface area contributed by atoms with Crippen LogP contribution in [-0.4, -0.2) is 19.9 Å². The number of non-ortho nitro benzene ring substituents is 1. The van der Waals surface area contributed by atoms with Gasteiger partial charge in [0, 0.05) is 17.7 Å². The van der Waals surface area contributed by atoms with Crippen LogP contribution in [0.3, 0.4) is 0 Å². The number of hydrogen-bond donors (Lipinski definition) is 0. The van der Waals surface area contributed by atoms with Crippen molar-refractivity contribution >= 4 is 5.69 Å². The monoisotopic (exact) mass is 309 g/mol. The van der Waals surface area contributed by atoms with E-state index in [-0.39, 0.29) is 22.6 Å². The number of halogens is 1. The molecule has 0 amide bonds. The molecule has 1 heterocycles. The minimum Gasteiger partial charge on any atom is -0.258 e. The normalized spacial score (nSPS) is 10.3. The summed E-state index contributed by atoms with van der Waals surface area (Å²) in [7, 11) is 0. The van der Waals surface area contributed by atoms with Crippen LogP contribution in [0.2, 0.25) is 0 Å². The van der Waals surface area contributed by atoms with Crippen molar-refractivity contribution in [3.05, 3.63) is 70.2 Å². The van der Waals surface area contributed by atoms with Gasteiger partial charge in [-0.3, -0.25) is 10.1 Å². The molecule has 1 aromatic heterocycles. The minimum absolute atomic E-state index is 0.0680. The Morgan fingerprint density at radius 1 is 1.22 bits per heavy atom. The van der Waals surface area contributed by atoms with Gasteiger partial charge in [-0.15, -0.1) is 5.10 Å². The maximum Gasteiger partial charge on any atom is 0.271 e. The van der Waals surface area contributed by atoms with Gasteiger partial charge in [-0.25, -0.2) is 9.07 Å². The number of hydrogen-bond acceptors (Lipinski definition) is 5. The van der Waals surface area contributed by atoms with E-state index in [1.807, 2.05) is 6.07 Å². The highest BCUT2D eigenvalue weighted by molar-refractivity contribution is 5.67. The summed E-state index contributed by atoms with van der Waals surface area (Å²) in [5.74, 6) is -0.544. The van der Waals surface area contributed by atoms with Gasteiger partial charge < -0.3 is 0 Å². The molecule has 0 bridgehead atoms. The zero-order valence-electron chi connectivity index (χ0n) is 11.5. The molecule has 0 spiro atoms. The number of aromatic nitrogens is 3. The van der Waals surface area contributed by atoms with Crippen molar-refractivity contribution in [2.45, 2.75) is 0 Å². The first-order valence-corrected chi connectivity index (χ1v) is 6.47. The van der Waals surface area contributed by atoms with Crippen LogP contribution >= 0.6 is 0 Å². The van der Waals surface area contributed by atoms with Gasteiger partial charge in [-0.2, -0.15) is 5.26 Å². The summed E-state index contributed by atoms with van der Waals surface area (Å²) in [6, 6.07) is 13.4. The maximum atomic E-state index is 14.1. The SMILES string of the molecule is N#Cc1nnn(-c2cccc([N+](=O)[O-])c2)c1-c1ccccc1F. The molecule has 0 N–H and O–H groups in total. The van der Waals surface area contributed by atoms with E-state index in [0.29, 0.717) is 5.69 Å². The fourth-order valence-corrected chi connectivity index (χ4v) is 2.17. The van der Waals surface area contributed by atoms with E-state index in [2.05, 4.69) is 10.3 Å². The van der Waals surface area contributed by atoms with Crippen molar-refractivity contribution in [2.24, 2.45) is 0 Å². The number of nitriles is 1. The number of nitrogens with zero attached hydrogens (tertiary/aromatic N) is 5. The predicted molar refractivity (Wildman–Crippen MR) is 78.1 cm³/mol. The van der Waals surface area contributed by atoms with E-state index in [0.717, 1.165) is 0 Å². The van der Waals surface area contributed by atoms with Gasteiger partial charge in [0.05, 0.1) is 10.6 Å². The van der Waals surface area contributed by atoms with Gasteiger partial charge in [-0.1, -0.05) is 23.4 Å². The zero-order valence-corrected chi connectivity index (χ0v) is 11.5. The zero-order chi connectivity index (χ0) is 16.4. The third kappa shape index (κ3) is 2.51.